The van der Waals surface area contributed by atoms with Crippen LogP contribution in [0.3, 0.4) is 0 Å². The molecule has 0 saturated heterocycles. The fourth-order valence-corrected chi connectivity index (χ4v) is 1.31. The number of nitrogens with zero attached hydrogens (tertiary/aromatic N) is 2. The Kier molecular flexibility index (Phi) is 3.13. The highest BCUT2D eigenvalue weighted by Gasteiger charge is 2.10. The van der Waals surface area contributed by atoms with Crippen molar-refractivity contribution >= 4 is 17.4 Å². The Hall–Kier alpha value is -2.57. The lowest BCUT2D eigenvalue weighted by Gasteiger charge is -2.05. The van der Waals surface area contributed by atoms with E-state index in [0.717, 1.165) is 12.1 Å². The Morgan fingerprint density at radius 1 is 1.17 bits per heavy atom. The second-order valence-electron chi connectivity index (χ2n) is 3.44. The van der Waals surface area contributed by atoms with Crippen molar-refractivity contribution in [2.24, 2.45) is 0 Å². The van der Waals surface area contributed by atoms with Crippen LogP contribution in [0.15, 0.2) is 30.6 Å². The maximum absolute atomic E-state index is 12.9. The Balaban J connectivity index is 2.21. The summed E-state index contributed by atoms with van der Waals surface area (Å²) in [4.78, 5) is 19.1. The van der Waals surface area contributed by atoms with Crippen molar-refractivity contribution in [3.8, 4) is 0 Å². The smallest absolute Gasteiger partial charge is 0.275 e. The normalized spacial score (nSPS) is 10.1. The molecule has 0 spiro atoms. The van der Waals surface area contributed by atoms with Gasteiger partial charge in [0, 0.05) is 11.8 Å². The molecule has 92 valence electrons. The number of amides is 1. The summed E-state index contributed by atoms with van der Waals surface area (Å²) in [5.41, 5.74) is 5.31. The fraction of sp³-hybridized carbons (Fsp3) is 0. The summed E-state index contributed by atoms with van der Waals surface area (Å²) in [6.45, 7) is 0. The molecule has 0 fully saturated rings. The van der Waals surface area contributed by atoms with Crippen molar-refractivity contribution in [1.29, 1.82) is 0 Å². The average Bonchev–Trinajstić information content (AvgIpc) is 2.27. The first-order valence-electron chi connectivity index (χ1n) is 4.89. The quantitative estimate of drug-likeness (QED) is 0.848. The Labute approximate surface area is 101 Å². The summed E-state index contributed by atoms with van der Waals surface area (Å²) < 4.78 is 25.8. The van der Waals surface area contributed by atoms with Gasteiger partial charge in [0.15, 0.2) is 0 Å². The summed E-state index contributed by atoms with van der Waals surface area (Å²) >= 11 is 0. The van der Waals surface area contributed by atoms with Crippen molar-refractivity contribution in [3.63, 3.8) is 0 Å². The fourth-order valence-electron chi connectivity index (χ4n) is 1.31. The van der Waals surface area contributed by atoms with Crippen LogP contribution < -0.4 is 11.1 Å². The molecule has 2 rings (SSSR count). The maximum Gasteiger partial charge on any atom is 0.275 e. The van der Waals surface area contributed by atoms with Gasteiger partial charge in [-0.15, -0.1) is 0 Å². The predicted octanol–water partition coefficient (Wildman–Crippen LogP) is 1.59. The maximum atomic E-state index is 12.9. The molecular weight excluding hydrogens is 242 g/mol. The van der Waals surface area contributed by atoms with E-state index in [1.54, 1.807) is 0 Å². The van der Waals surface area contributed by atoms with Crippen LogP contribution in [0, 0.1) is 11.6 Å². The zero-order chi connectivity index (χ0) is 13.1. The van der Waals surface area contributed by atoms with E-state index in [1.165, 1.54) is 12.4 Å². The number of nitrogen functional groups attached to an aromatic ring is 1. The molecule has 1 heterocycles. The zero-order valence-corrected chi connectivity index (χ0v) is 9.02. The van der Waals surface area contributed by atoms with E-state index in [2.05, 4.69) is 15.3 Å². The van der Waals surface area contributed by atoms with Crippen molar-refractivity contribution in [1.82, 2.24) is 9.97 Å². The Morgan fingerprint density at radius 2 is 1.83 bits per heavy atom. The monoisotopic (exact) mass is 250 g/mol. The molecule has 0 aliphatic rings. The molecule has 0 bridgehead atoms. The minimum Gasteiger partial charge on any atom is -0.382 e. The molecule has 5 nitrogen and oxygen atoms in total. The summed E-state index contributed by atoms with van der Waals surface area (Å²) in [5.74, 6) is -2.15. The highest BCUT2D eigenvalue weighted by Crippen LogP contribution is 2.13. The van der Waals surface area contributed by atoms with E-state index in [-0.39, 0.29) is 17.2 Å². The molecule has 3 N–H and O–H groups in total. The Morgan fingerprint density at radius 3 is 2.44 bits per heavy atom. The van der Waals surface area contributed by atoms with Gasteiger partial charge in [-0.05, 0) is 12.1 Å². The molecule has 0 radical (unpaired) electrons. The van der Waals surface area contributed by atoms with E-state index in [0.29, 0.717) is 6.07 Å². The number of hydrogen-bond donors (Lipinski definition) is 2. The van der Waals surface area contributed by atoms with Gasteiger partial charge >= 0.3 is 0 Å². The van der Waals surface area contributed by atoms with Gasteiger partial charge in [0.25, 0.3) is 5.91 Å². The molecule has 0 saturated carbocycles. The minimum atomic E-state index is -0.788. The van der Waals surface area contributed by atoms with Crippen LogP contribution in [0.5, 0.6) is 0 Å². The average molecular weight is 250 g/mol. The van der Waals surface area contributed by atoms with Crippen LogP contribution in [0.2, 0.25) is 0 Å². The molecule has 1 aromatic heterocycles. The molecule has 1 aromatic carbocycles. The van der Waals surface area contributed by atoms with Crippen molar-refractivity contribution in [2.45, 2.75) is 0 Å². The molecule has 0 aliphatic carbocycles. The lowest BCUT2D eigenvalue weighted by Crippen LogP contribution is -2.15. The van der Waals surface area contributed by atoms with Gasteiger partial charge in [0.1, 0.15) is 23.1 Å². The number of benzene rings is 1. The van der Waals surface area contributed by atoms with Gasteiger partial charge in [-0.3, -0.25) is 9.78 Å². The minimum absolute atomic E-state index is 0.0123. The predicted molar refractivity (Wildman–Crippen MR) is 60.8 cm³/mol. The van der Waals surface area contributed by atoms with Gasteiger partial charge in [-0.1, -0.05) is 0 Å². The topological polar surface area (TPSA) is 80.9 Å². The van der Waals surface area contributed by atoms with Crippen molar-refractivity contribution in [3.05, 3.63) is 47.9 Å². The molecular formula is C11H8F2N4O. The van der Waals surface area contributed by atoms with Gasteiger partial charge in [-0.2, -0.15) is 0 Å². The van der Waals surface area contributed by atoms with Gasteiger partial charge < -0.3 is 11.1 Å². The summed E-state index contributed by atoms with van der Waals surface area (Å²) in [5, 5.41) is 2.29. The SMILES string of the molecule is Nc1cncc(C(=O)Nc2cc(F)cc(F)c2)n1. The van der Waals surface area contributed by atoms with E-state index in [1.807, 2.05) is 0 Å². The number of anilines is 2. The number of rotatable bonds is 2. The third-order valence-corrected chi connectivity index (χ3v) is 2.01. The van der Waals surface area contributed by atoms with E-state index in [9.17, 15) is 13.6 Å². The number of halogens is 2. The number of hydrogen-bond acceptors (Lipinski definition) is 4. The molecule has 2 aromatic rings. The highest BCUT2D eigenvalue weighted by molar-refractivity contribution is 6.02. The first-order valence-corrected chi connectivity index (χ1v) is 4.89. The number of carbonyl (C=O) groups excluding carboxylic acids is 1. The number of carbonyl (C=O) groups is 1. The van der Waals surface area contributed by atoms with Crippen LogP contribution in [-0.4, -0.2) is 15.9 Å². The van der Waals surface area contributed by atoms with Crippen LogP contribution in [0.4, 0.5) is 20.3 Å². The largest absolute Gasteiger partial charge is 0.382 e. The first kappa shape index (κ1) is 11.9. The van der Waals surface area contributed by atoms with Crippen LogP contribution >= 0.6 is 0 Å². The third-order valence-electron chi connectivity index (χ3n) is 2.01. The second-order valence-corrected chi connectivity index (χ2v) is 3.44. The van der Waals surface area contributed by atoms with E-state index >= 15 is 0 Å². The number of nitrogens with two attached hydrogens (primary N) is 1. The number of aromatic nitrogens is 2. The van der Waals surface area contributed by atoms with Gasteiger partial charge in [0.05, 0.1) is 12.4 Å². The molecule has 0 atom stereocenters. The highest BCUT2D eigenvalue weighted by atomic mass is 19.1. The van der Waals surface area contributed by atoms with Gasteiger partial charge in [-0.25, -0.2) is 13.8 Å². The summed E-state index contributed by atoms with van der Waals surface area (Å²) in [6.07, 6.45) is 2.47. The van der Waals surface area contributed by atoms with Crippen LogP contribution in [0.25, 0.3) is 0 Å². The van der Waals surface area contributed by atoms with E-state index in [4.69, 9.17) is 5.73 Å². The molecule has 0 aliphatic heterocycles. The lowest BCUT2D eigenvalue weighted by molar-refractivity contribution is 0.102. The molecule has 0 unspecified atom stereocenters. The lowest BCUT2D eigenvalue weighted by atomic mass is 10.3. The standard InChI is InChI=1S/C11H8F2N4O/c12-6-1-7(13)3-8(2-6)16-11(18)9-4-15-5-10(14)17-9/h1-5H,(H2,14,17)(H,16,18). The van der Waals surface area contributed by atoms with Crippen molar-refractivity contribution in [2.75, 3.05) is 11.1 Å². The summed E-state index contributed by atoms with van der Waals surface area (Å²) in [6, 6.07) is 2.68. The third kappa shape index (κ3) is 2.76. The first-order chi connectivity index (χ1) is 8.54. The second kappa shape index (κ2) is 4.74. The van der Waals surface area contributed by atoms with E-state index < -0.39 is 17.5 Å². The summed E-state index contributed by atoms with van der Waals surface area (Å²) in [7, 11) is 0. The number of nitrogens with one attached hydrogen (secondary N) is 1. The molecule has 1 amide bonds. The molecule has 18 heavy (non-hydrogen) atoms. The zero-order valence-electron chi connectivity index (χ0n) is 9.02. The van der Waals surface area contributed by atoms with Crippen molar-refractivity contribution < 1.29 is 13.6 Å². The molecule has 7 heteroatoms. The van der Waals surface area contributed by atoms with Gasteiger partial charge in [0.2, 0.25) is 0 Å². The van der Waals surface area contributed by atoms with Crippen LogP contribution in [0.1, 0.15) is 10.5 Å². The Bertz CT molecular complexity index is 583. The van der Waals surface area contributed by atoms with Crippen LogP contribution in [-0.2, 0) is 0 Å².